The van der Waals surface area contributed by atoms with Crippen molar-refractivity contribution in [2.45, 2.75) is 12.2 Å². The van der Waals surface area contributed by atoms with E-state index in [1.807, 2.05) is 72.8 Å². The SMILES string of the molecule is Fc1[c-]c(F)c(C2C=CC=CO2)cc1.Fc1[c-]c(F)c(C2C=CC=CO2)cc1.[Ti+4].c1cc[cH-]c1.c1cc[cH-]c1. The van der Waals surface area contributed by atoms with Gasteiger partial charge in [0.2, 0.25) is 0 Å². The maximum absolute atomic E-state index is 13.2. The summed E-state index contributed by atoms with van der Waals surface area (Å²) in [6, 6.07) is 29.0. The van der Waals surface area contributed by atoms with Crippen molar-refractivity contribution in [2.75, 3.05) is 0 Å². The number of ether oxygens (including phenoxy) is 2. The Bertz CT molecular complexity index is 1190. The molecular weight excluding hydrogens is 540 g/mol. The average molecular weight is 564 g/mol. The van der Waals surface area contributed by atoms with Gasteiger partial charge in [-0.05, 0) is 12.2 Å². The van der Waals surface area contributed by atoms with Crippen LogP contribution in [0.15, 0.2) is 134 Å². The Labute approximate surface area is 240 Å². The van der Waals surface area contributed by atoms with E-state index < -0.39 is 35.5 Å². The minimum Gasteiger partial charge on any atom is -0.501 e. The second-order valence-corrected chi connectivity index (χ2v) is 7.62. The van der Waals surface area contributed by atoms with E-state index in [-0.39, 0.29) is 32.8 Å². The molecule has 2 nitrogen and oxygen atoms in total. The smallest absolute Gasteiger partial charge is 0.501 e. The van der Waals surface area contributed by atoms with E-state index in [4.69, 9.17) is 9.47 Å². The average Bonchev–Trinajstić information content (AvgIpc) is 3.70. The standard InChI is InChI=1S/2C11H7F2O.2C5H5.Ti/c2*12-8-4-5-9(10(13)7-8)11-3-1-2-6-14-11;2*1-2-4-5-3-1;/h2*1-6,11H;2*1-5H;/q4*-1;+4. The van der Waals surface area contributed by atoms with E-state index in [0.29, 0.717) is 0 Å². The van der Waals surface area contributed by atoms with Crippen molar-refractivity contribution < 1.29 is 48.8 Å². The fraction of sp³-hybridized carbons (Fsp3) is 0.0625. The number of hydrogen-bond donors (Lipinski definition) is 0. The minimum absolute atomic E-state index is 0. The summed E-state index contributed by atoms with van der Waals surface area (Å²) in [5.41, 5.74) is 0.569. The largest absolute Gasteiger partial charge is 4.00 e. The van der Waals surface area contributed by atoms with Crippen LogP contribution >= 0.6 is 0 Å². The summed E-state index contributed by atoms with van der Waals surface area (Å²) < 4.78 is 61.8. The van der Waals surface area contributed by atoms with E-state index >= 15 is 0 Å². The van der Waals surface area contributed by atoms with Gasteiger partial charge in [0.1, 0.15) is 12.2 Å². The Morgan fingerprint density at radius 1 is 0.564 bits per heavy atom. The summed E-state index contributed by atoms with van der Waals surface area (Å²) in [7, 11) is 0. The zero-order chi connectivity index (χ0) is 27.0. The van der Waals surface area contributed by atoms with Gasteiger partial charge in [-0.15, -0.1) is 24.3 Å². The summed E-state index contributed by atoms with van der Waals surface area (Å²) in [4.78, 5) is 0. The van der Waals surface area contributed by atoms with Gasteiger partial charge >= 0.3 is 21.7 Å². The van der Waals surface area contributed by atoms with Gasteiger partial charge in [-0.1, -0.05) is 35.4 Å². The van der Waals surface area contributed by atoms with Crippen molar-refractivity contribution in [3.8, 4) is 0 Å². The molecule has 2 heterocycles. The molecule has 39 heavy (non-hydrogen) atoms. The number of allylic oxidation sites excluding steroid dienone is 4. The van der Waals surface area contributed by atoms with E-state index in [1.54, 1.807) is 36.5 Å². The molecule has 7 heteroatoms. The van der Waals surface area contributed by atoms with Crippen LogP contribution in [-0.4, -0.2) is 0 Å². The molecule has 6 rings (SSSR count). The molecule has 196 valence electrons. The van der Waals surface area contributed by atoms with Crippen LogP contribution in [-0.2, 0) is 31.2 Å². The number of rotatable bonds is 2. The van der Waals surface area contributed by atoms with Crippen molar-refractivity contribution in [3.05, 3.63) is 180 Å². The predicted octanol–water partition coefficient (Wildman–Crippen LogP) is 8.62. The topological polar surface area (TPSA) is 18.5 Å². The van der Waals surface area contributed by atoms with E-state index in [2.05, 4.69) is 0 Å². The molecule has 2 aliphatic rings. The Morgan fingerprint density at radius 2 is 0.949 bits per heavy atom. The molecule has 0 spiro atoms. The fourth-order valence-corrected chi connectivity index (χ4v) is 3.12. The van der Waals surface area contributed by atoms with Crippen molar-refractivity contribution in [2.24, 2.45) is 0 Å². The number of hydrogen-bond acceptors (Lipinski definition) is 2. The van der Waals surface area contributed by atoms with Crippen LogP contribution in [0.25, 0.3) is 0 Å². The Balaban J connectivity index is 0.000000199. The second kappa shape index (κ2) is 17.6. The molecule has 2 atom stereocenters. The molecule has 0 aliphatic carbocycles. The first-order chi connectivity index (χ1) is 18.5. The van der Waals surface area contributed by atoms with Gasteiger partial charge in [0.05, 0.1) is 12.5 Å². The first-order valence-corrected chi connectivity index (χ1v) is 11.6. The molecule has 0 radical (unpaired) electrons. The van der Waals surface area contributed by atoms with E-state index in [1.165, 1.54) is 24.7 Å². The van der Waals surface area contributed by atoms with Crippen LogP contribution in [0, 0.1) is 35.4 Å². The van der Waals surface area contributed by atoms with Crippen molar-refractivity contribution in [1.82, 2.24) is 0 Å². The molecule has 0 N–H and O–H groups in total. The molecule has 0 aromatic heterocycles. The summed E-state index contributed by atoms with van der Waals surface area (Å²) in [6.07, 6.45) is 12.2. The monoisotopic (exact) mass is 564 g/mol. The number of halogens is 4. The minimum atomic E-state index is -0.713. The van der Waals surface area contributed by atoms with E-state index in [0.717, 1.165) is 12.1 Å². The van der Waals surface area contributed by atoms with Crippen LogP contribution < -0.4 is 0 Å². The molecule has 0 saturated carbocycles. The maximum Gasteiger partial charge on any atom is 4.00 e. The van der Waals surface area contributed by atoms with Crippen LogP contribution in [0.5, 0.6) is 0 Å². The van der Waals surface area contributed by atoms with Crippen LogP contribution in [0.3, 0.4) is 0 Å². The summed E-state index contributed by atoms with van der Waals surface area (Å²) in [5.74, 6) is -2.84. The summed E-state index contributed by atoms with van der Waals surface area (Å²) in [6.45, 7) is 0. The van der Waals surface area contributed by atoms with Gasteiger partial charge in [0, 0.05) is 23.3 Å². The molecule has 2 aliphatic heterocycles. The van der Waals surface area contributed by atoms with Crippen LogP contribution in [0.2, 0.25) is 0 Å². The van der Waals surface area contributed by atoms with Gasteiger partial charge in [-0.3, -0.25) is 0 Å². The third kappa shape index (κ3) is 11.2. The third-order valence-corrected chi connectivity index (χ3v) is 4.91. The molecule has 0 bridgehead atoms. The molecule has 0 fully saturated rings. The van der Waals surface area contributed by atoms with Gasteiger partial charge < -0.3 is 9.47 Å². The molecule has 0 saturated heterocycles. The quantitative estimate of drug-likeness (QED) is 0.138. The van der Waals surface area contributed by atoms with E-state index in [9.17, 15) is 17.6 Å². The summed E-state index contributed by atoms with van der Waals surface area (Å²) in [5, 5.41) is 0. The van der Waals surface area contributed by atoms with Gasteiger partial charge in [-0.2, -0.15) is 48.5 Å². The van der Waals surface area contributed by atoms with Crippen LogP contribution in [0.1, 0.15) is 23.3 Å². The van der Waals surface area contributed by atoms with Crippen molar-refractivity contribution >= 4 is 0 Å². The Kier molecular flexibility index (Phi) is 14.2. The molecule has 4 aromatic carbocycles. The fourth-order valence-electron chi connectivity index (χ4n) is 3.12. The predicted molar refractivity (Wildman–Crippen MR) is 139 cm³/mol. The van der Waals surface area contributed by atoms with Crippen molar-refractivity contribution in [3.63, 3.8) is 0 Å². The zero-order valence-electron chi connectivity index (χ0n) is 20.7. The molecular formula is C32H24F4O2Ti. The summed E-state index contributed by atoms with van der Waals surface area (Å²) >= 11 is 0. The maximum atomic E-state index is 13.2. The zero-order valence-corrected chi connectivity index (χ0v) is 22.2. The molecule has 2 unspecified atom stereocenters. The third-order valence-electron chi connectivity index (χ3n) is 4.91. The van der Waals surface area contributed by atoms with Crippen molar-refractivity contribution in [1.29, 1.82) is 0 Å². The first-order valence-electron chi connectivity index (χ1n) is 11.6. The van der Waals surface area contributed by atoms with Gasteiger partial charge in [0.25, 0.3) is 0 Å². The Morgan fingerprint density at radius 3 is 1.21 bits per heavy atom. The normalized spacial score (nSPS) is 16.0. The molecule has 4 aromatic rings. The Hall–Kier alpha value is -3.87. The second-order valence-electron chi connectivity index (χ2n) is 7.62. The van der Waals surface area contributed by atoms with Crippen LogP contribution in [0.4, 0.5) is 17.6 Å². The first kappa shape index (κ1) is 31.4. The van der Waals surface area contributed by atoms with Gasteiger partial charge in [-0.25, -0.2) is 41.8 Å². The molecule has 0 amide bonds. The number of benzene rings is 2. The van der Waals surface area contributed by atoms with Gasteiger partial charge in [0.15, 0.2) is 0 Å².